The van der Waals surface area contributed by atoms with Crippen molar-refractivity contribution in [3.8, 4) is 0 Å². The number of benzene rings is 2. The molecule has 1 aromatic heterocycles. The number of fused-ring (bicyclic) bond motifs is 1. The van der Waals surface area contributed by atoms with Crippen molar-refractivity contribution in [2.24, 2.45) is 5.92 Å². The number of anilines is 1. The molecule has 3 N–H and O–H groups in total. The number of aromatic nitrogens is 1. The van der Waals surface area contributed by atoms with Gasteiger partial charge in [-0.3, -0.25) is 14.4 Å². The van der Waals surface area contributed by atoms with E-state index >= 15 is 0 Å². The molecule has 0 saturated heterocycles. The molecule has 30 heavy (non-hydrogen) atoms. The maximum atomic E-state index is 12.5. The third-order valence-corrected chi connectivity index (χ3v) is 5.13. The van der Waals surface area contributed by atoms with Crippen LogP contribution in [0.25, 0.3) is 10.8 Å². The van der Waals surface area contributed by atoms with Crippen LogP contribution in [0.2, 0.25) is 0 Å². The van der Waals surface area contributed by atoms with E-state index < -0.39 is 11.9 Å². The summed E-state index contributed by atoms with van der Waals surface area (Å²) in [5, 5.41) is 12.3. The highest BCUT2D eigenvalue weighted by atomic mass is 32.1. The van der Waals surface area contributed by atoms with Gasteiger partial charge in [-0.25, -0.2) is 4.98 Å². The molecule has 1 heterocycles. The van der Waals surface area contributed by atoms with Crippen LogP contribution in [0.3, 0.4) is 0 Å². The fourth-order valence-corrected chi connectivity index (χ4v) is 3.55. The average Bonchev–Trinajstić information content (AvgIpc) is 3.23. The monoisotopic (exact) mass is 424 g/mol. The van der Waals surface area contributed by atoms with Crippen LogP contribution in [0.1, 0.15) is 30.6 Å². The summed E-state index contributed by atoms with van der Waals surface area (Å²) >= 11 is 1.31. The Morgan fingerprint density at radius 1 is 1.07 bits per heavy atom. The SMILES string of the molecule is CC(C)CC(NC(=O)CNC(=O)c1ccc2ccccc2c1)C(=O)Nc1nccs1. The maximum Gasteiger partial charge on any atom is 0.251 e. The van der Waals surface area contributed by atoms with Crippen LogP contribution in [-0.2, 0) is 9.59 Å². The number of hydrogen-bond donors (Lipinski definition) is 3. The van der Waals surface area contributed by atoms with Crippen molar-refractivity contribution in [1.29, 1.82) is 0 Å². The van der Waals surface area contributed by atoms with Crippen LogP contribution in [0, 0.1) is 5.92 Å². The molecule has 3 aromatic rings. The molecule has 0 aliphatic carbocycles. The Morgan fingerprint density at radius 2 is 1.83 bits per heavy atom. The lowest BCUT2D eigenvalue weighted by Gasteiger charge is -2.19. The summed E-state index contributed by atoms with van der Waals surface area (Å²) in [4.78, 5) is 41.3. The van der Waals surface area contributed by atoms with Gasteiger partial charge in [-0.1, -0.05) is 44.2 Å². The zero-order chi connectivity index (χ0) is 21.5. The second-order valence-electron chi connectivity index (χ2n) is 7.32. The Balaban J connectivity index is 1.57. The van der Waals surface area contributed by atoms with E-state index in [1.807, 2.05) is 44.2 Å². The van der Waals surface area contributed by atoms with Crippen molar-refractivity contribution in [2.75, 3.05) is 11.9 Å². The topological polar surface area (TPSA) is 100 Å². The Bertz CT molecular complexity index is 1030. The predicted octanol–water partition coefficient (Wildman–Crippen LogP) is 3.20. The molecule has 2 aromatic carbocycles. The fraction of sp³-hybridized carbons (Fsp3) is 0.273. The van der Waals surface area contributed by atoms with Crippen molar-refractivity contribution >= 4 is 45.0 Å². The minimum atomic E-state index is -0.709. The molecular formula is C22H24N4O3S. The van der Waals surface area contributed by atoms with Crippen molar-refractivity contribution in [1.82, 2.24) is 15.6 Å². The number of rotatable bonds is 8. The number of thiazole rings is 1. The van der Waals surface area contributed by atoms with Crippen LogP contribution in [0.15, 0.2) is 54.0 Å². The quantitative estimate of drug-likeness (QED) is 0.517. The summed E-state index contributed by atoms with van der Waals surface area (Å²) in [5.74, 6) is -0.898. The van der Waals surface area contributed by atoms with Gasteiger partial charge < -0.3 is 16.0 Å². The van der Waals surface area contributed by atoms with Crippen molar-refractivity contribution in [3.63, 3.8) is 0 Å². The summed E-state index contributed by atoms with van der Waals surface area (Å²) < 4.78 is 0. The second kappa shape index (κ2) is 9.98. The molecule has 7 nitrogen and oxygen atoms in total. The first-order valence-electron chi connectivity index (χ1n) is 9.69. The molecule has 0 bridgehead atoms. The molecule has 1 atom stereocenters. The molecule has 0 aliphatic heterocycles. The first-order valence-corrected chi connectivity index (χ1v) is 10.6. The number of carbonyl (C=O) groups excluding carboxylic acids is 3. The summed E-state index contributed by atoms with van der Waals surface area (Å²) in [6.45, 7) is 3.72. The van der Waals surface area contributed by atoms with Crippen LogP contribution < -0.4 is 16.0 Å². The normalized spacial score (nSPS) is 11.8. The first kappa shape index (κ1) is 21.4. The summed E-state index contributed by atoms with van der Waals surface area (Å²) in [6, 6.07) is 12.4. The number of amides is 3. The molecule has 8 heteroatoms. The van der Waals surface area contributed by atoms with Crippen LogP contribution in [0.5, 0.6) is 0 Å². The van der Waals surface area contributed by atoms with Gasteiger partial charge in [0.2, 0.25) is 11.8 Å². The summed E-state index contributed by atoms with van der Waals surface area (Å²) in [5.41, 5.74) is 0.474. The molecular weight excluding hydrogens is 400 g/mol. The highest BCUT2D eigenvalue weighted by Crippen LogP contribution is 2.16. The predicted molar refractivity (Wildman–Crippen MR) is 118 cm³/mol. The second-order valence-corrected chi connectivity index (χ2v) is 8.22. The van der Waals surface area contributed by atoms with Gasteiger partial charge in [0.15, 0.2) is 5.13 Å². The average molecular weight is 425 g/mol. The lowest BCUT2D eigenvalue weighted by atomic mass is 10.0. The van der Waals surface area contributed by atoms with Crippen molar-refractivity contribution in [2.45, 2.75) is 26.3 Å². The lowest BCUT2D eigenvalue weighted by molar-refractivity contribution is -0.126. The minimum absolute atomic E-state index is 0.199. The van der Waals surface area contributed by atoms with Crippen LogP contribution >= 0.6 is 11.3 Å². The van der Waals surface area contributed by atoms with E-state index in [0.29, 0.717) is 17.1 Å². The van der Waals surface area contributed by atoms with E-state index in [1.165, 1.54) is 11.3 Å². The third kappa shape index (κ3) is 5.87. The van der Waals surface area contributed by atoms with Gasteiger partial charge in [0.05, 0.1) is 6.54 Å². The molecule has 3 rings (SSSR count). The van der Waals surface area contributed by atoms with E-state index in [-0.39, 0.29) is 24.3 Å². The largest absolute Gasteiger partial charge is 0.343 e. The number of nitrogens with zero attached hydrogens (tertiary/aromatic N) is 1. The number of carbonyl (C=O) groups is 3. The van der Waals surface area contributed by atoms with Gasteiger partial charge in [-0.15, -0.1) is 11.3 Å². The Kier molecular flexibility index (Phi) is 7.13. The van der Waals surface area contributed by atoms with Gasteiger partial charge in [0.25, 0.3) is 5.91 Å². The van der Waals surface area contributed by atoms with Gasteiger partial charge in [-0.2, -0.15) is 0 Å². The molecule has 3 amide bonds. The van der Waals surface area contributed by atoms with E-state index in [2.05, 4.69) is 20.9 Å². The molecule has 0 aliphatic rings. The molecule has 156 valence electrons. The summed E-state index contributed by atoms with van der Waals surface area (Å²) in [7, 11) is 0. The molecule has 0 fully saturated rings. The van der Waals surface area contributed by atoms with E-state index in [9.17, 15) is 14.4 Å². The number of hydrogen-bond acceptors (Lipinski definition) is 5. The van der Waals surface area contributed by atoms with Gasteiger partial charge in [-0.05, 0) is 35.2 Å². The fourth-order valence-electron chi connectivity index (χ4n) is 3.02. The molecule has 0 radical (unpaired) electrons. The van der Waals surface area contributed by atoms with Crippen LogP contribution in [0.4, 0.5) is 5.13 Å². The number of nitrogens with one attached hydrogen (secondary N) is 3. The van der Waals surface area contributed by atoms with Gasteiger partial charge in [0, 0.05) is 17.1 Å². The molecule has 0 spiro atoms. The highest BCUT2D eigenvalue weighted by molar-refractivity contribution is 7.13. The Labute approximate surface area is 178 Å². The van der Waals surface area contributed by atoms with E-state index in [1.54, 1.807) is 23.7 Å². The zero-order valence-electron chi connectivity index (χ0n) is 16.8. The van der Waals surface area contributed by atoms with Gasteiger partial charge >= 0.3 is 0 Å². The maximum absolute atomic E-state index is 12.5. The van der Waals surface area contributed by atoms with Crippen molar-refractivity contribution < 1.29 is 14.4 Å². The lowest BCUT2D eigenvalue weighted by Crippen LogP contribution is -2.48. The minimum Gasteiger partial charge on any atom is -0.343 e. The first-order chi connectivity index (χ1) is 14.4. The van der Waals surface area contributed by atoms with Crippen molar-refractivity contribution in [3.05, 3.63) is 59.6 Å². The molecule has 1 unspecified atom stereocenters. The zero-order valence-corrected chi connectivity index (χ0v) is 17.7. The third-order valence-electron chi connectivity index (χ3n) is 4.44. The van der Waals surface area contributed by atoms with Crippen LogP contribution in [-0.4, -0.2) is 35.3 Å². The standard InChI is InChI=1S/C22H24N4O3S/c1-14(2)11-18(21(29)26-22-23-9-10-30-22)25-19(27)13-24-20(28)17-8-7-15-5-3-4-6-16(15)12-17/h3-10,12,14,18H,11,13H2,1-2H3,(H,24,28)(H,25,27)(H,23,26,29). The van der Waals surface area contributed by atoms with E-state index in [4.69, 9.17) is 0 Å². The molecule has 0 saturated carbocycles. The summed E-state index contributed by atoms with van der Waals surface area (Å²) in [6.07, 6.45) is 2.07. The Morgan fingerprint density at radius 3 is 2.53 bits per heavy atom. The Hall–Kier alpha value is -3.26. The highest BCUT2D eigenvalue weighted by Gasteiger charge is 2.23. The van der Waals surface area contributed by atoms with Gasteiger partial charge in [0.1, 0.15) is 6.04 Å². The van der Waals surface area contributed by atoms with E-state index in [0.717, 1.165) is 10.8 Å². The smallest absolute Gasteiger partial charge is 0.251 e.